The van der Waals surface area contributed by atoms with Crippen LogP contribution in [0.2, 0.25) is 0 Å². The fourth-order valence-corrected chi connectivity index (χ4v) is 1.70. The van der Waals surface area contributed by atoms with E-state index in [1.807, 2.05) is 0 Å². The maximum Gasteiger partial charge on any atom is 0.333 e. The number of carbonyl (C=O) groups excluding carboxylic acids is 4. The lowest BCUT2D eigenvalue weighted by atomic mass is 10.3. The summed E-state index contributed by atoms with van der Waals surface area (Å²) in [6.45, 7) is 5.17. The summed E-state index contributed by atoms with van der Waals surface area (Å²) in [5.41, 5.74) is 0.303. The fraction of sp³-hybridized carbons (Fsp3) is 0.571. The number of hydrogen-bond acceptors (Lipinski definition) is 6. The summed E-state index contributed by atoms with van der Waals surface area (Å²) < 4.78 is 9.74. The number of hydrogen-bond donors (Lipinski definition) is 0. The van der Waals surface area contributed by atoms with Crippen molar-refractivity contribution in [3.63, 3.8) is 0 Å². The van der Waals surface area contributed by atoms with Crippen molar-refractivity contribution in [2.75, 3.05) is 19.8 Å². The number of nitrogens with zero attached hydrogens (tertiary/aromatic N) is 1. The highest BCUT2D eigenvalue weighted by Crippen LogP contribution is 2.10. The van der Waals surface area contributed by atoms with E-state index in [1.54, 1.807) is 0 Å². The molecule has 0 aromatic rings. The van der Waals surface area contributed by atoms with Crippen LogP contribution in [0, 0.1) is 0 Å². The van der Waals surface area contributed by atoms with Crippen LogP contribution in [0.1, 0.15) is 32.6 Å². The summed E-state index contributed by atoms with van der Waals surface area (Å²) in [5.74, 6) is -1.42. The van der Waals surface area contributed by atoms with E-state index < -0.39 is 11.9 Å². The first-order chi connectivity index (χ1) is 9.91. The Morgan fingerprint density at radius 2 is 1.76 bits per heavy atom. The first-order valence-corrected chi connectivity index (χ1v) is 6.73. The average molecular weight is 297 g/mol. The monoisotopic (exact) mass is 297 g/mol. The van der Waals surface area contributed by atoms with Crippen molar-refractivity contribution in [1.29, 1.82) is 0 Å². The predicted octanol–water partition coefficient (Wildman–Crippen LogP) is 0.578. The van der Waals surface area contributed by atoms with Gasteiger partial charge in [0.15, 0.2) is 0 Å². The van der Waals surface area contributed by atoms with E-state index in [0.29, 0.717) is 12.0 Å². The van der Waals surface area contributed by atoms with Crippen molar-refractivity contribution in [2.45, 2.75) is 32.6 Å². The Bertz CT molecular complexity index is 440. The summed E-state index contributed by atoms with van der Waals surface area (Å²) in [6.07, 6.45) is 0.895. The lowest BCUT2D eigenvalue weighted by molar-refractivity contribution is -0.148. The Morgan fingerprint density at radius 1 is 1.14 bits per heavy atom. The third-order valence-corrected chi connectivity index (χ3v) is 2.84. The summed E-state index contributed by atoms with van der Waals surface area (Å²) in [7, 11) is 0. The zero-order chi connectivity index (χ0) is 15.8. The molecule has 0 N–H and O–H groups in total. The van der Waals surface area contributed by atoms with Gasteiger partial charge >= 0.3 is 11.9 Å². The lowest BCUT2D eigenvalue weighted by Gasteiger charge is -2.13. The Kier molecular flexibility index (Phi) is 6.58. The Hall–Kier alpha value is -2.18. The molecule has 0 unspecified atom stereocenters. The van der Waals surface area contributed by atoms with Crippen LogP contribution in [-0.2, 0) is 28.7 Å². The summed E-state index contributed by atoms with van der Waals surface area (Å²) >= 11 is 0. The molecule has 1 aliphatic heterocycles. The van der Waals surface area contributed by atoms with Gasteiger partial charge in [-0.15, -0.1) is 0 Å². The topological polar surface area (TPSA) is 90.0 Å². The Labute approximate surface area is 122 Å². The van der Waals surface area contributed by atoms with Crippen molar-refractivity contribution in [1.82, 2.24) is 4.90 Å². The number of ether oxygens (including phenoxy) is 2. The predicted molar refractivity (Wildman–Crippen MR) is 71.9 cm³/mol. The maximum atomic E-state index is 11.4. The first kappa shape index (κ1) is 16.9. The van der Waals surface area contributed by atoms with Gasteiger partial charge in [0.1, 0.15) is 6.61 Å². The zero-order valence-electron chi connectivity index (χ0n) is 12.1. The van der Waals surface area contributed by atoms with Gasteiger partial charge in [-0.2, -0.15) is 0 Å². The second-order valence-electron chi connectivity index (χ2n) is 4.68. The Balaban J connectivity index is 2.09. The van der Waals surface area contributed by atoms with E-state index in [4.69, 9.17) is 9.47 Å². The zero-order valence-corrected chi connectivity index (χ0v) is 12.1. The summed E-state index contributed by atoms with van der Waals surface area (Å²) in [4.78, 5) is 46.1. The highest BCUT2D eigenvalue weighted by molar-refractivity contribution is 6.01. The van der Waals surface area contributed by atoms with Crippen molar-refractivity contribution in [3.8, 4) is 0 Å². The molecule has 116 valence electrons. The number of carbonyl (C=O) groups is 4. The molecule has 7 heteroatoms. The highest BCUT2D eigenvalue weighted by atomic mass is 16.5. The van der Waals surface area contributed by atoms with Gasteiger partial charge in [-0.25, -0.2) is 4.79 Å². The maximum absolute atomic E-state index is 11.4. The van der Waals surface area contributed by atoms with Gasteiger partial charge in [0.05, 0.1) is 13.2 Å². The fourth-order valence-electron chi connectivity index (χ4n) is 1.70. The molecule has 0 aliphatic carbocycles. The van der Waals surface area contributed by atoms with Crippen LogP contribution in [-0.4, -0.2) is 48.4 Å². The van der Waals surface area contributed by atoms with Crippen LogP contribution in [0.25, 0.3) is 0 Å². The minimum absolute atomic E-state index is 0.0120. The third-order valence-electron chi connectivity index (χ3n) is 2.84. The SMILES string of the molecule is C=C(C)C(=O)OCCCC(=O)OCCN1C(=O)CCC1=O. The minimum atomic E-state index is -0.491. The van der Waals surface area contributed by atoms with Crippen LogP contribution >= 0.6 is 0 Å². The van der Waals surface area contributed by atoms with Crippen molar-refractivity contribution < 1.29 is 28.7 Å². The second-order valence-corrected chi connectivity index (χ2v) is 4.68. The quantitative estimate of drug-likeness (QED) is 0.282. The lowest BCUT2D eigenvalue weighted by Crippen LogP contribution is -2.32. The van der Waals surface area contributed by atoms with E-state index in [0.717, 1.165) is 4.90 Å². The van der Waals surface area contributed by atoms with E-state index in [9.17, 15) is 19.2 Å². The smallest absolute Gasteiger partial charge is 0.333 e. The van der Waals surface area contributed by atoms with Crippen LogP contribution < -0.4 is 0 Å². The standard InChI is InChI=1S/C14H19NO6/c1-10(2)14(19)21-8-3-4-13(18)20-9-7-15-11(16)5-6-12(15)17/h1,3-9H2,2H3. The van der Waals surface area contributed by atoms with E-state index in [1.165, 1.54) is 6.92 Å². The molecule has 7 nitrogen and oxygen atoms in total. The molecule has 0 spiro atoms. The largest absolute Gasteiger partial charge is 0.464 e. The molecule has 2 amide bonds. The highest BCUT2D eigenvalue weighted by Gasteiger charge is 2.28. The molecule has 1 heterocycles. The molecule has 0 aromatic carbocycles. The van der Waals surface area contributed by atoms with Crippen LogP contribution in [0.15, 0.2) is 12.2 Å². The molecule has 0 radical (unpaired) electrons. The normalized spacial score (nSPS) is 14.2. The number of rotatable bonds is 8. The minimum Gasteiger partial charge on any atom is -0.464 e. The van der Waals surface area contributed by atoms with Gasteiger partial charge in [0.25, 0.3) is 0 Å². The Morgan fingerprint density at radius 3 is 2.33 bits per heavy atom. The number of amides is 2. The molecule has 0 bridgehead atoms. The van der Waals surface area contributed by atoms with Crippen molar-refractivity contribution >= 4 is 23.8 Å². The van der Waals surface area contributed by atoms with E-state index in [-0.39, 0.29) is 50.8 Å². The molecule has 1 rings (SSSR count). The van der Waals surface area contributed by atoms with Crippen LogP contribution in [0.4, 0.5) is 0 Å². The van der Waals surface area contributed by atoms with Crippen LogP contribution in [0.3, 0.4) is 0 Å². The third kappa shape index (κ3) is 5.76. The second kappa shape index (κ2) is 8.18. The van der Waals surface area contributed by atoms with Gasteiger partial charge in [-0.1, -0.05) is 6.58 Å². The number of likely N-dealkylation sites (tertiary alicyclic amines) is 1. The molecular formula is C14H19NO6. The summed E-state index contributed by atoms with van der Waals surface area (Å²) in [5, 5.41) is 0. The van der Waals surface area contributed by atoms with Gasteiger partial charge in [-0.3, -0.25) is 19.3 Å². The number of imide groups is 1. The molecular weight excluding hydrogens is 278 g/mol. The van der Waals surface area contributed by atoms with Crippen molar-refractivity contribution in [2.24, 2.45) is 0 Å². The van der Waals surface area contributed by atoms with E-state index in [2.05, 4.69) is 6.58 Å². The van der Waals surface area contributed by atoms with Gasteiger partial charge in [0.2, 0.25) is 11.8 Å². The van der Waals surface area contributed by atoms with Gasteiger partial charge in [-0.05, 0) is 13.3 Å². The molecule has 1 saturated heterocycles. The molecule has 1 fully saturated rings. The molecule has 0 atom stereocenters. The molecule has 1 aliphatic rings. The number of esters is 2. The van der Waals surface area contributed by atoms with Crippen LogP contribution in [0.5, 0.6) is 0 Å². The molecule has 0 saturated carbocycles. The average Bonchev–Trinajstić information content (AvgIpc) is 2.74. The van der Waals surface area contributed by atoms with Crippen molar-refractivity contribution in [3.05, 3.63) is 12.2 Å². The molecule has 0 aromatic heterocycles. The van der Waals surface area contributed by atoms with Gasteiger partial charge in [0, 0.05) is 24.8 Å². The van der Waals surface area contributed by atoms with E-state index >= 15 is 0 Å². The first-order valence-electron chi connectivity index (χ1n) is 6.73. The summed E-state index contributed by atoms with van der Waals surface area (Å²) in [6, 6.07) is 0. The molecule has 21 heavy (non-hydrogen) atoms. The van der Waals surface area contributed by atoms with Gasteiger partial charge < -0.3 is 9.47 Å².